The van der Waals surface area contributed by atoms with Gasteiger partial charge in [-0.3, -0.25) is 4.79 Å². The molecule has 6 heteroatoms. The third-order valence-corrected chi connectivity index (χ3v) is 5.59. The van der Waals surface area contributed by atoms with Crippen molar-refractivity contribution in [1.29, 1.82) is 0 Å². The molecule has 0 saturated carbocycles. The van der Waals surface area contributed by atoms with Gasteiger partial charge in [-0.15, -0.1) is 0 Å². The Morgan fingerprint density at radius 1 is 1.08 bits per heavy atom. The number of cyclic esters (lactones) is 1. The maximum absolute atomic E-state index is 11.8. The van der Waals surface area contributed by atoms with Gasteiger partial charge in [0.1, 0.15) is 10.3 Å². The highest BCUT2D eigenvalue weighted by molar-refractivity contribution is 9.10. The van der Waals surface area contributed by atoms with Crippen LogP contribution in [0.1, 0.15) is 6.42 Å². The van der Waals surface area contributed by atoms with Gasteiger partial charge in [-0.2, -0.15) is 0 Å². The summed E-state index contributed by atoms with van der Waals surface area (Å²) in [5.74, 6) is 0.503. The van der Waals surface area contributed by atoms with Gasteiger partial charge in [0.05, 0.1) is 12.1 Å². The molecule has 120 valence electrons. The number of thioether (sulfide) groups is 1. The third kappa shape index (κ3) is 3.03. The monoisotopic (exact) mass is 400 g/mol. The number of nitrogens with zero attached hydrogens (tertiary/aromatic N) is 2. The Kier molecular flexibility index (Phi) is 4.24. The molecule has 2 aromatic carbocycles. The van der Waals surface area contributed by atoms with E-state index in [0.717, 1.165) is 32.4 Å². The highest BCUT2D eigenvalue weighted by Crippen LogP contribution is 2.34. The minimum atomic E-state index is -0.193. The Bertz CT molecular complexity index is 915. The number of halogens is 1. The lowest BCUT2D eigenvalue weighted by molar-refractivity contribution is -0.137. The van der Waals surface area contributed by atoms with Crippen molar-refractivity contribution in [2.75, 3.05) is 6.61 Å². The largest absolute Gasteiger partial charge is 0.465 e. The molecule has 1 aliphatic heterocycles. The van der Waals surface area contributed by atoms with Crippen molar-refractivity contribution in [2.45, 2.75) is 16.7 Å². The van der Waals surface area contributed by atoms with Gasteiger partial charge < -0.3 is 4.74 Å². The first-order chi connectivity index (χ1) is 11.7. The molecule has 0 radical (unpaired) electrons. The highest BCUT2D eigenvalue weighted by Gasteiger charge is 2.28. The summed E-state index contributed by atoms with van der Waals surface area (Å²) >= 11 is 4.91. The van der Waals surface area contributed by atoms with Crippen LogP contribution in [0.5, 0.6) is 0 Å². The SMILES string of the molecule is O=C1OCC[C@H]1Sc1nc(-c2ccc(Br)cc2)nc2ccccc12. The Morgan fingerprint density at radius 2 is 1.88 bits per heavy atom. The van der Waals surface area contributed by atoms with E-state index in [1.54, 1.807) is 0 Å². The minimum Gasteiger partial charge on any atom is -0.465 e. The fraction of sp³-hybridized carbons (Fsp3) is 0.167. The number of para-hydroxylation sites is 1. The zero-order chi connectivity index (χ0) is 16.5. The normalized spacial score (nSPS) is 17.2. The van der Waals surface area contributed by atoms with Gasteiger partial charge in [0.25, 0.3) is 0 Å². The number of hydrogen-bond acceptors (Lipinski definition) is 5. The van der Waals surface area contributed by atoms with Crippen molar-refractivity contribution in [3.05, 3.63) is 53.0 Å². The molecule has 1 aliphatic rings. The fourth-order valence-electron chi connectivity index (χ4n) is 2.58. The molecular formula is C18H13BrN2O2S. The first-order valence-electron chi connectivity index (χ1n) is 7.57. The van der Waals surface area contributed by atoms with E-state index in [9.17, 15) is 4.79 Å². The lowest BCUT2D eigenvalue weighted by Gasteiger charge is -2.10. The Labute approximate surface area is 151 Å². The van der Waals surface area contributed by atoms with E-state index in [1.165, 1.54) is 11.8 Å². The number of aromatic nitrogens is 2. The fourth-order valence-corrected chi connectivity index (χ4v) is 3.94. The van der Waals surface area contributed by atoms with Crippen molar-refractivity contribution in [1.82, 2.24) is 9.97 Å². The Morgan fingerprint density at radius 3 is 2.62 bits per heavy atom. The molecule has 1 saturated heterocycles. The number of hydrogen-bond donors (Lipinski definition) is 0. The molecule has 0 bridgehead atoms. The van der Waals surface area contributed by atoms with Crippen molar-refractivity contribution in [3.8, 4) is 11.4 Å². The van der Waals surface area contributed by atoms with E-state index in [2.05, 4.69) is 20.9 Å². The van der Waals surface area contributed by atoms with Crippen LogP contribution < -0.4 is 0 Å². The van der Waals surface area contributed by atoms with Crippen molar-refractivity contribution in [3.63, 3.8) is 0 Å². The number of ether oxygens (including phenoxy) is 1. The molecule has 1 aromatic heterocycles. The summed E-state index contributed by atoms with van der Waals surface area (Å²) in [4.78, 5) is 21.2. The maximum atomic E-state index is 11.8. The standard InChI is InChI=1S/C18H13BrN2O2S/c19-12-7-5-11(6-8-12)16-20-14-4-2-1-3-13(14)17(21-16)24-15-9-10-23-18(15)22/h1-8,15H,9-10H2/t15-/m1/s1. The van der Waals surface area contributed by atoms with Crippen LogP contribution in [0.2, 0.25) is 0 Å². The molecular weight excluding hydrogens is 388 g/mol. The van der Waals surface area contributed by atoms with Gasteiger partial charge in [0, 0.05) is 21.8 Å². The lowest BCUT2D eigenvalue weighted by Crippen LogP contribution is -2.10. The number of esters is 1. The number of fused-ring (bicyclic) bond motifs is 1. The molecule has 0 unspecified atom stereocenters. The third-order valence-electron chi connectivity index (χ3n) is 3.81. The topological polar surface area (TPSA) is 52.1 Å². The van der Waals surface area contributed by atoms with Crippen LogP contribution in [-0.4, -0.2) is 27.8 Å². The van der Waals surface area contributed by atoms with Crippen LogP contribution in [-0.2, 0) is 9.53 Å². The van der Waals surface area contributed by atoms with Crippen LogP contribution >= 0.6 is 27.7 Å². The number of carbonyl (C=O) groups is 1. The molecule has 0 N–H and O–H groups in total. The second-order valence-electron chi connectivity index (χ2n) is 5.44. The summed E-state index contributed by atoms with van der Waals surface area (Å²) < 4.78 is 6.08. The van der Waals surface area contributed by atoms with Crippen LogP contribution in [0.3, 0.4) is 0 Å². The molecule has 0 spiro atoms. The number of carbonyl (C=O) groups excluding carboxylic acids is 1. The van der Waals surface area contributed by atoms with Gasteiger partial charge in [0.2, 0.25) is 0 Å². The van der Waals surface area contributed by atoms with Crippen molar-refractivity contribution in [2.24, 2.45) is 0 Å². The summed E-state index contributed by atoms with van der Waals surface area (Å²) in [6.45, 7) is 0.485. The van der Waals surface area contributed by atoms with E-state index < -0.39 is 0 Å². The first kappa shape index (κ1) is 15.6. The van der Waals surface area contributed by atoms with E-state index in [0.29, 0.717) is 12.4 Å². The molecule has 0 amide bonds. The summed E-state index contributed by atoms with van der Waals surface area (Å²) in [5, 5.41) is 1.59. The number of benzene rings is 2. The zero-order valence-electron chi connectivity index (χ0n) is 12.6. The molecule has 4 nitrogen and oxygen atoms in total. The minimum absolute atomic E-state index is 0.159. The average molecular weight is 401 g/mol. The molecule has 1 fully saturated rings. The second kappa shape index (κ2) is 6.53. The van der Waals surface area contributed by atoms with Crippen LogP contribution in [0.4, 0.5) is 0 Å². The molecule has 4 rings (SSSR count). The second-order valence-corrected chi connectivity index (χ2v) is 7.55. The van der Waals surface area contributed by atoms with E-state index >= 15 is 0 Å². The number of rotatable bonds is 3. The summed E-state index contributed by atoms with van der Waals surface area (Å²) in [5.41, 5.74) is 1.82. The predicted octanol–water partition coefficient (Wildman–Crippen LogP) is 4.47. The lowest BCUT2D eigenvalue weighted by atomic mass is 10.2. The highest BCUT2D eigenvalue weighted by atomic mass is 79.9. The summed E-state index contributed by atoms with van der Waals surface area (Å²) in [6, 6.07) is 15.8. The Hall–Kier alpha value is -1.92. The molecule has 24 heavy (non-hydrogen) atoms. The quantitative estimate of drug-likeness (QED) is 0.479. The molecule has 1 atom stereocenters. The van der Waals surface area contributed by atoms with Crippen LogP contribution in [0.25, 0.3) is 22.3 Å². The summed E-state index contributed by atoms with van der Waals surface area (Å²) in [6.07, 6.45) is 0.718. The van der Waals surface area contributed by atoms with Gasteiger partial charge >= 0.3 is 5.97 Å². The van der Waals surface area contributed by atoms with Gasteiger partial charge in [-0.25, -0.2) is 9.97 Å². The first-order valence-corrected chi connectivity index (χ1v) is 9.24. The maximum Gasteiger partial charge on any atom is 0.319 e. The Balaban J connectivity index is 1.81. The van der Waals surface area contributed by atoms with Crippen molar-refractivity contribution >= 4 is 44.6 Å². The van der Waals surface area contributed by atoms with Crippen LogP contribution in [0, 0.1) is 0 Å². The molecule has 3 aromatic rings. The van der Waals surface area contributed by atoms with E-state index in [1.807, 2.05) is 48.5 Å². The zero-order valence-corrected chi connectivity index (χ0v) is 15.0. The van der Waals surface area contributed by atoms with Crippen LogP contribution in [0.15, 0.2) is 58.0 Å². The van der Waals surface area contributed by atoms with Crippen molar-refractivity contribution < 1.29 is 9.53 Å². The average Bonchev–Trinajstić information content (AvgIpc) is 3.00. The van der Waals surface area contributed by atoms with E-state index in [-0.39, 0.29) is 11.2 Å². The predicted molar refractivity (Wildman–Crippen MR) is 97.9 cm³/mol. The van der Waals surface area contributed by atoms with Gasteiger partial charge in [-0.1, -0.05) is 58.0 Å². The van der Waals surface area contributed by atoms with Gasteiger partial charge in [0.15, 0.2) is 5.82 Å². The van der Waals surface area contributed by atoms with E-state index in [4.69, 9.17) is 9.72 Å². The smallest absolute Gasteiger partial charge is 0.319 e. The molecule has 2 heterocycles. The van der Waals surface area contributed by atoms with Gasteiger partial charge in [-0.05, 0) is 18.2 Å². The summed E-state index contributed by atoms with van der Waals surface area (Å²) in [7, 11) is 0. The molecule has 0 aliphatic carbocycles.